The lowest BCUT2D eigenvalue weighted by molar-refractivity contribution is -0.0464. The van der Waals surface area contributed by atoms with Gasteiger partial charge in [0.2, 0.25) is 0 Å². The second-order valence-electron chi connectivity index (χ2n) is 4.85. The topological polar surface area (TPSA) is 20.2 Å². The number of hydrogen-bond acceptors (Lipinski definition) is 1. The van der Waals surface area contributed by atoms with Crippen molar-refractivity contribution < 1.29 is 5.11 Å². The highest BCUT2D eigenvalue weighted by molar-refractivity contribution is 4.95. The zero-order chi connectivity index (χ0) is 9.95. The molecule has 0 aromatic carbocycles. The molecule has 0 unspecified atom stereocenters. The zero-order valence-corrected chi connectivity index (χ0v) is 9.40. The third-order valence-electron chi connectivity index (χ3n) is 3.80. The van der Waals surface area contributed by atoms with Crippen LogP contribution < -0.4 is 0 Å². The lowest BCUT2D eigenvalue weighted by Gasteiger charge is -2.48. The number of hydrogen-bond donors (Lipinski definition) is 1. The molecule has 0 aliphatic heterocycles. The Morgan fingerprint density at radius 2 is 1.31 bits per heavy atom. The molecule has 2 saturated carbocycles. The van der Waals surface area contributed by atoms with E-state index in [1.807, 2.05) is 20.8 Å². The van der Waals surface area contributed by atoms with Crippen molar-refractivity contribution in [1.82, 2.24) is 0 Å². The van der Waals surface area contributed by atoms with Crippen LogP contribution in [0.2, 0.25) is 0 Å². The van der Waals surface area contributed by atoms with Crippen molar-refractivity contribution in [2.24, 2.45) is 5.41 Å². The van der Waals surface area contributed by atoms with Crippen molar-refractivity contribution in [3.05, 3.63) is 0 Å². The van der Waals surface area contributed by atoms with Gasteiger partial charge in [0.1, 0.15) is 0 Å². The van der Waals surface area contributed by atoms with Crippen LogP contribution in [0.3, 0.4) is 0 Å². The average Bonchev–Trinajstić information content (AvgIpc) is 2.06. The third kappa shape index (κ3) is 2.46. The Balaban J connectivity index is 0.000000396. The normalized spacial score (nSPS) is 28.6. The van der Waals surface area contributed by atoms with Crippen LogP contribution in [0.5, 0.6) is 0 Å². The summed E-state index contributed by atoms with van der Waals surface area (Å²) in [6.45, 7) is 5.98. The average molecular weight is 184 g/mol. The Bertz CT molecular complexity index is 145. The molecule has 2 aliphatic rings. The molecule has 0 saturated heterocycles. The summed E-state index contributed by atoms with van der Waals surface area (Å²) in [5, 5.41) is 9.73. The van der Waals surface area contributed by atoms with E-state index in [0.29, 0.717) is 5.41 Å². The molecule has 0 aromatic rings. The molecule has 0 heterocycles. The van der Waals surface area contributed by atoms with Gasteiger partial charge in [0.05, 0.1) is 5.60 Å². The standard InChI is InChI=1S/C10H18O.C2H6/c1-9(11)5-7-10(8-6-9)3-2-4-10;1-2/h11H,2-8H2,1H3;1-2H3. The van der Waals surface area contributed by atoms with Gasteiger partial charge in [0.25, 0.3) is 0 Å². The van der Waals surface area contributed by atoms with E-state index in [0.717, 1.165) is 12.8 Å². The molecule has 1 N–H and O–H groups in total. The fourth-order valence-corrected chi connectivity index (χ4v) is 2.50. The van der Waals surface area contributed by atoms with Crippen LogP contribution >= 0.6 is 0 Å². The highest BCUT2D eigenvalue weighted by atomic mass is 16.3. The van der Waals surface area contributed by atoms with Gasteiger partial charge in [0.15, 0.2) is 0 Å². The molecule has 0 aromatic heterocycles. The first-order valence-corrected chi connectivity index (χ1v) is 5.84. The van der Waals surface area contributed by atoms with E-state index >= 15 is 0 Å². The van der Waals surface area contributed by atoms with Crippen molar-refractivity contribution in [2.45, 2.75) is 71.3 Å². The second kappa shape index (κ2) is 4.00. The van der Waals surface area contributed by atoms with E-state index in [1.165, 1.54) is 32.1 Å². The van der Waals surface area contributed by atoms with E-state index in [2.05, 4.69) is 0 Å². The van der Waals surface area contributed by atoms with E-state index < -0.39 is 0 Å². The van der Waals surface area contributed by atoms with Crippen molar-refractivity contribution in [1.29, 1.82) is 0 Å². The summed E-state index contributed by atoms with van der Waals surface area (Å²) in [7, 11) is 0. The molecule has 0 atom stereocenters. The Kier molecular flexibility index (Phi) is 3.39. The molecule has 1 heteroatoms. The monoisotopic (exact) mass is 184 g/mol. The second-order valence-corrected chi connectivity index (χ2v) is 4.85. The zero-order valence-electron chi connectivity index (χ0n) is 9.40. The predicted molar refractivity (Wildman–Crippen MR) is 56.7 cm³/mol. The van der Waals surface area contributed by atoms with Gasteiger partial charge in [-0.3, -0.25) is 0 Å². The molecule has 2 fully saturated rings. The van der Waals surface area contributed by atoms with Crippen molar-refractivity contribution >= 4 is 0 Å². The molecule has 2 aliphatic carbocycles. The fourth-order valence-electron chi connectivity index (χ4n) is 2.50. The molecule has 0 amide bonds. The van der Waals surface area contributed by atoms with Gasteiger partial charge in [-0.1, -0.05) is 20.3 Å². The lowest BCUT2D eigenvalue weighted by atomic mass is 9.58. The first-order chi connectivity index (χ1) is 6.12. The maximum atomic E-state index is 9.73. The fraction of sp³-hybridized carbons (Fsp3) is 1.00. The summed E-state index contributed by atoms with van der Waals surface area (Å²) in [4.78, 5) is 0. The SMILES string of the molecule is CC.CC1(O)CCC2(CCC2)CC1. The molecule has 78 valence electrons. The number of rotatable bonds is 0. The first kappa shape index (κ1) is 11.0. The Morgan fingerprint density at radius 3 is 1.62 bits per heavy atom. The molecule has 0 bridgehead atoms. The van der Waals surface area contributed by atoms with E-state index in [4.69, 9.17) is 0 Å². The molecule has 0 radical (unpaired) electrons. The Labute approximate surface area is 82.5 Å². The minimum atomic E-state index is -0.332. The van der Waals surface area contributed by atoms with Crippen molar-refractivity contribution in [3.63, 3.8) is 0 Å². The van der Waals surface area contributed by atoms with Gasteiger partial charge in [-0.2, -0.15) is 0 Å². The molecular weight excluding hydrogens is 160 g/mol. The van der Waals surface area contributed by atoms with Crippen molar-refractivity contribution in [2.75, 3.05) is 0 Å². The van der Waals surface area contributed by atoms with Gasteiger partial charge >= 0.3 is 0 Å². The van der Waals surface area contributed by atoms with Crippen LogP contribution in [0.4, 0.5) is 0 Å². The maximum absolute atomic E-state index is 9.73. The van der Waals surface area contributed by atoms with Gasteiger partial charge in [-0.15, -0.1) is 0 Å². The van der Waals surface area contributed by atoms with Gasteiger partial charge in [-0.25, -0.2) is 0 Å². The summed E-state index contributed by atoms with van der Waals surface area (Å²) in [6, 6.07) is 0. The number of aliphatic hydroxyl groups is 1. The predicted octanol–water partition coefficient (Wildman–Crippen LogP) is 3.51. The van der Waals surface area contributed by atoms with E-state index in [1.54, 1.807) is 0 Å². The van der Waals surface area contributed by atoms with E-state index in [-0.39, 0.29) is 5.60 Å². The molecular formula is C12H24O. The van der Waals surface area contributed by atoms with Crippen LogP contribution in [-0.2, 0) is 0 Å². The van der Waals surface area contributed by atoms with Gasteiger partial charge in [0, 0.05) is 0 Å². The first-order valence-electron chi connectivity index (χ1n) is 5.84. The van der Waals surface area contributed by atoms with Crippen LogP contribution in [-0.4, -0.2) is 10.7 Å². The largest absolute Gasteiger partial charge is 0.390 e. The molecule has 1 spiro atoms. The van der Waals surface area contributed by atoms with Crippen LogP contribution in [0.25, 0.3) is 0 Å². The van der Waals surface area contributed by atoms with Crippen molar-refractivity contribution in [3.8, 4) is 0 Å². The minimum Gasteiger partial charge on any atom is -0.390 e. The van der Waals surface area contributed by atoms with Crippen LogP contribution in [0, 0.1) is 5.41 Å². The Hall–Kier alpha value is -0.0400. The summed E-state index contributed by atoms with van der Waals surface area (Å²) >= 11 is 0. The van der Waals surface area contributed by atoms with Gasteiger partial charge < -0.3 is 5.11 Å². The van der Waals surface area contributed by atoms with Crippen LogP contribution in [0.1, 0.15) is 65.7 Å². The lowest BCUT2D eigenvalue weighted by Crippen LogP contribution is -2.40. The molecule has 1 nitrogen and oxygen atoms in total. The highest BCUT2D eigenvalue weighted by Gasteiger charge is 2.42. The Morgan fingerprint density at radius 1 is 0.846 bits per heavy atom. The third-order valence-corrected chi connectivity index (χ3v) is 3.80. The van der Waals surface area contributed by atoms with E-state index in [9.17, 15) is 5.11 Å². The maximum Gasteiger partial charge on any atom is 0.0620 e. The summed E-state index contributed by atoms with van der Waals surface area (Å²) in [6.07, 6.45) is 8.92. The summed E-state index contributed by atoms with van der Waals surface area (Å²) in [5.74, 6) is 0. The van der Waals surface area contributed by atoms with Gasteiger partial charge in [-0.05, 0) is 50.9 Å². The molecule has 2 rings (SSSR count). The van der Waals surface area contributed by atoms with Crippen LogP contribution in [0.15, 0.2) is 0 Å². The smallest absolute Gasteiger partial charge is 0.0620 e. The summed E-state index contributed by atoms with van der Waals surface area (Å²) in [5.41, 5.74) is 0.364. The highest BCUT2D eigenvalue weighted by Crippen LogP contribution is 2.53. The molecule has 13 heavy (non-hydrogen) atoms. The summed E-state index contributed by atoms with van der Waals surface area (Å²) < 4.78 is 0. The quantitative estimate of drug-likeness (QED) is 0.611. The minimum absolute atomic E-state index is 0.332.